The van der Waals surface area contributed by atoms with Gasteiger partial charge in [-0.25, -0.2) is 0 Å². The second kappa shape index (κ2) is 7.07. The van der Waals surface area contributed by atoms with Gasteiger partial charge in [0.05, 0.1) is 25.5 Å². The van der Waals surface area contributed by atoms with Gasteiger partial charge in [-0.1, -0.05) is 17.3 Å². The SMILES string of the molecule is COc1cccc(CC(=O)N2CC(c3noc(C4CCCN4C)n3)C2)c1. The molecule has 2 saturated heterocycles. The molecule has 0 saturated carbocycles. The average molecular weight is 356 g/mol. The highest BCUT2D eigenvalue weighted by molar-refractivity contribution is 5.79. The van der Waals surface area contributed by atoms with Crippen molar-refractivity contribution >= 4 is 5.91 Å². The first kappa shape index (κ1) is 17.0. The molecule has 0 bridgehead atoms. The number of rotatable bonds is 5. The fourth-order valence-corrected chi connectivity index (χ4v) is 3.69. The van der Waals surface area contributed by atoms with Gasteiger partial charge in [-0.15, -0.1) is 0 Å². The van der Waals surface area contributed by atoms with Crippen molar-refractivity contribution in [3.63, 3.8) is 0 Å². The first-order valence-corrected chi connectivity index (χ1v) is 9.08. The van der Waals surface area contributed by atoms with Crippen LogP contribution in [0, 0.1) is 0 Å². The number of amides is 1. The summed E-state index contributed by atoms with van der Waals surface area (Å²) in [5, 5.41) is 4.15. The number of benzene rings is 1. The predicted octanol–water partition coefficient (Wildman–Crippen LogP) is 2.01. The van der Waals surface area contributed by atoms with Gasteiger partial charge in [0, 0.05) is 13.1 Å². The smallest absolute Gasteiger partial charge is 0.243 e. The molecule has 4 rings (SSSR count). The van der Waals surface area contributed by atoms with Crippen molar-refractivity contribution < 1.29 is 14.1 Å². The molecule has 1 amide bonds. The zero-order valence-corrected chi connectivity index (χ0v) is 15.2. The topological polar surface area (TPSA) is 71.7 Å². The normalized spacial score (nSPS) is 21.0. The van der Waals surface area contributed by atoms with E-state index < -0.39 is 0 Å². The Morgan fingerprint density at radius 1 is 1.38 bits per heavy atom. The van der Waals surface area contributed by atoms with Crippen LogP contribution in [-0.4, -0.2) is 59.6 Å². The van der Waals surface area contributed by atoms with Crippen LogP contribution in [0.4, 0.5) is 0 Å². The summed E-state index contributed by atoms with van der Waals surface area (Å²) in [6.45, 7) is 2.38. The average Bonchev–Trinajstić information content (AvgIpc) is 3.22. The van der Waals surface area contributed by atoms with E-state index in [1.807, 2.05) is 29.2 Å². The van der Waals surface area contributed by atoms with Gasteiger partial charge in [0.1, 0.15) is 5.75 Å². The van der Waals surface area contributed by atoms with Crippen LogP contribution in [0.2, 0.25) is 0 Å². The summed E-state index contributed by atoms with van der Waals surface area (Å²) in [5.41, 5.74) is 0.962. The summed E-state index contributed by atoms with van der Waals surface area (Å²) in [4.78, 5) is 21.1. The predicted molar refractivity (Wildman–Crippen MR) is 94.9 cm³/mol. The van der Waals surface area contributed by atoms with Crippen molar-refractivity contribution in [1.82, 2.24) is 19.9 Å². The maximum atomic E-state index is 12.4. The molecule has 7 heteroatoms. The minimum absolute atomic E-state index is 0.119. The molecule has 0 N–H and O–H groups in total. The van der Waals surface area contributed by atoms with Crippen molar-refractivity contribution in [1.29, 1.82) is 0 Å². The van der Waals surface area contributed by atoms with E-state index in [0.29, 0.717) is 25.4 Å². The molecule has 1 aromatic heterocycles. The van der Waals surface area contributed by atoms with Crippen LogP contribution >= 0.6 is 0 Å². The number of likely N-dealkylation sites (tertiary alicyclic amines) is 2. The highest BCUT2D eigenvalue weighted by Gasteiger charge is 2.36. The maximum absolute atomic E-state index is 12.4. The fourth-order valence-electron chi connectivity index (χ4n) is 3.69. The monoisotopic (exact) mass is 356 g/mol. The van der Waals surface area contributed by atoms with Gasteiger partial charge in [0.2, 0.25) is 11.8 Å². The second-order valence-electron chi connectivity index (χ2n) is 7.15. The number of aromatic nitrogens is 2. The molecule has 0 spiro atoms. The molecule has 2 aliphatic heterocycles. The van der Waals surface area contributed by atoms with Crippen molar-refractivity contribution in [2.24, 2.45) is 0 Å². The molecule has 2 aliphatic rings. The Labute approximate surface area is 152 Å². The lowest BCUT2D eigenvalue weighted by atomic mass is 9.98. The van der Waals surface area contributed by atoms with Crippen LogP contribution in [0.1, 0.15) is 42.1 Å². The van der Waals surface area contributed by atoms with E-state index in [1.54, 1.807) is 7.11 Å². The summed E-state index contributed by atoms with van der Waals surface area (Å²) in [7, 11) is 3.72. The summed E-state index contributed by atoms with van der Waals surface area (Å²) in [6, 6.07) is 7.87. The van der Waals surface area contributed by atoms with Crippen molar-refractivity contribution in [3.05, 3.63) is 41.5 Å². The standard InChI is InChI=1S/C19H24N4O3/c1-22-8-4-7-16(22)19-20-18(21-26-19)14-11-23(12-14)17(24)10-13-5-3-6-15(9-13)25-2/h3,5-6,9,14,16H,4,7-8,10-12H2,1-2H3. The Bertz CT molecular complexity index is 785. The minimum Gasteiger partial charge on any atom is -0.497 e. The van der Waals surface area contributed by atoms with Crippen LogP contribution in [0.15, 0.2) is 28.8 Å². The Morgan fingerprint density at radius 2 is 2.23 bits per heavy atom. The van der Waals surface area contributed by atoms with E-state index in [-0.39, 0.29) is 17.9 Å². The highest BCUT2D eigenvalue weighted by atomic mass is 16.5. The maximum Gasteiger partial charge on any atom is 0.243 e. The van der Waals surface area contributed by atoms with E-state index in [2.05, 4.69) is 22.1 Å². The molecular formula is C19H24N4O3. The largest absolute Gasteiger partial charge is 0.497 e. The minimum atomic E-state index is 0.119. The van der Waals surface area contributed by atoms with Gasteiger partial charge in [0.25, 0.3) is 0 Å². The molecule has 1 aromatic carbocycles. The van der Waals surface area contributed by atoms with Crippen LogP contribution in [0.3, 0.4) is 0 Å². The Kier molecular flexibility index (Phi) is 4.63. The van der Waals surface area contributed by atoms with Crippen LogP contribution in [0.25, 0.3) is 0 Å². The third-order valence-electron chi connectivity index (χ3n) is 5.35. The van der Waals surface area contributed by atoms with Gasteiger partial charge in [-0.2, -0.15) is 4.98 Å². The molecule has 26 heavy (non-hydrogen) atoms. The molecule has 3 heterocycles. The van der Waals surface area contributed by atoms with E-state index in [9.17, 15) is 4.79 Å². The van der Waals surface area contributed by atoms with E-state index in [0.717, 1.165) is 36.5 Å². The summed E-state index contributed by atoms with van der Waals surface area (Å²) in [6.07, 6.45) is 2.61. The molecule has 138 valence electrons. The van der Waals surface area contributed by atoms with Crippen LogP contribution < -0.4 is 4.74 Å². The van der Waals surface area contributed by atoms with Crippen molar-refractivity contribution in [2.75, 3.05) is 33.8 Å². The number of carbonyl (C=O) groups is 1. The Morgan fingerprint density at radius 3 is 2.96 bits per heavy atom. The van der Waals surface area contributed by atoms with Gasteiger partial charge in [-0.05, 0) is 44.1 Å². The molecule has 7 nitrogen and oxygen atoms in total. The van der Waals surface area contributed by atoms with E-state index in [4.69, 9.17) is 9.26 Å². The fraction of sp³-hybridized carbons (Fsp3) is 0.526. The molecule has 2 aromatic rings. The number of methoxy groups -OCH3 is 1. The van der Waals surface area contributed by atoms with Gasteiger partial charge < -0.3 is 14.2 Å². The molecule has 0 radical (unpaired) electrons. The number of hydrogen-bond donors (Lipinski definition) is 0. The first-order valence-electron chi connectivity index (χ1n) is 9.08. The lowest BCUT2D eigenvalue weighted by Gasteiger charge is -2.37. The van der Waals surface area contributed by atoms with Gasteiger partial charge in [-0.3, -0.25) is 9.69 Å². The number of hydrogen-bond acceptors (Lipinski definition) is 6. The Balaban J connectivity index is 1.32. The third kappa shape index (κ3) is 3.31. The van der Waals surface area contributed by atoms with Gasteiger partial charge >= 0.3 is 0 Å². The van der Waals surface area contributed by atoms with Crippen molar-refractivity contribution in [2.45, 2.75) is 31.2 Å². The molecule has 2 fully saturated rings. The quantitative estimate of drug-likeness (QED) is 0.816. The van der Waals surface area contributed by atoms with Gasteiger partial charge in [0.15, 0.2) is 5.82 Å². The molecule has 0 aliphatic carbocycles. The first-order chi connectivity index (χ1) is 12.6. The van der Waals surface area contributed by atoms with E-state index in [1.165, 1.54) is 0 Å². The van der Waals surface area contributed by atoms with E-state index >= 15 is 0 Å². The number of carbonyl (C=O) groups excluding carboxylic acids is 1. The zero-order valence-electron chi connectivity index (χ0n) is 15.2. The number of ether oxygens (including phenoxy) is 1. The second-order valence-corrected chi connectivity index (χ2v) is 7.15. The number of nitrogens with zero attached hydrogens (tertiary/aromatic N) is 4. The third-order valence-corrected chi connectivity index (χ3v) is 5.35. The lowest BCUT2D eigenvalue weighted by molar-refractivity contribution is -0.135. The Hall–Kier alpha value is -2.41. The van der Waals surface area contributed by atoms with Crippen LogP contribution in [0.5, 0.6) is 5.75 Å². The molecule has 1 unspecified atom stereocenters. The van der Waals surface area contributed by atoms with Crippen molar-refractivity contribution in [3.8, 4) is 5.75 Å². The lowest BCUT2D eigenvalue weighted by Crippen LogP contribution is -2.49. The summed E-state index contributed by atoms with van der Waals surface area (Å²) >= 11 is 0. The summed E-state index contributed by atoms with van der Waals surface area (Å²) in [5.74, 6) is 2.50. The highest BCUT2D eigenvalue weighted by Crippen LogP contribution is 2.31. The molecular weight excluding hydrogens is 332 g/mol. The molecule has 1 atom stereocenters. The summed E-state index contributed by atoms with van der Waals surface area (Å²) < 4.78 is 10.7. The van der Waals surface area contributed by atoms with Crippen LogP contribution in [-0.2, 0) is 11.2 Å². The zero-order chi connectivity index (χ0) is 18.1.